The minimum absolute atomic E-state index is 0.840. The summed E-state index contributed by atoms with van der Waals surface area (Å²) in [7, 11) is 1.72. The van der Waals surface area contributed by atoms with Gasteiger partial charge in [-0.1, -0.05) is 35.9 Å². The molecule has 0 spiro atoms. The number of hydrogen-bond acceptors (Lipinski definition) is 3. The Morgan fingerprint density at radius 3 is 2.43 bits per heavy atom. The zero-order valence-corrected chi connectivity index (χ0v) is 14.5. The highest BCUT2D eigenvalue weighted by Crippen LogP contribution is 2.26. The van der Waals surface area contributed by atoms with E-state index in [1.807, 2.05) is 18.2 Å². The van der Waals surface area contributed by atoms with E-state index in [9.17, 15) is 0 Å². The summed E-state index contributed by atoms with van der Waals surface area (Å²) in [6, 6.07) is 14.5. The van der Waals surface area contributed by atoms with Crippen LogP contribution >= 0.6 is 11.6 Å². The van der Waals surface area contributed by atoms with Crippen molar-refractivity contribution in [2.75, 3.05) is 38.2 Å². The minimum atomic E-state index is 0.840. The molecule has 2 aromatic carbocycles. The molecule has 1 saturated heterocycles. The third-order valence-corrected chi connectivity index (χ3v) is 4.75. The largest absolute Gasteiger partial charge is 0.496 e. The Hall–Kier alpha value is -1.71. The van der Waals surface area contributed by atoms with Gasteiger partial charge in [-0.05, 0) is 36.2 Å². The highest BCUT2D eigenvalue weighted by atomic mass is 35.5. The lowest BCUT2D eigenvalue weighted by Gasteiger charge is -2.36. The van der Waals surface area contributed by atoms with E-state index in [-0.39, 0.29) is 0 Å². The summed E-state index contributed by atoms with van der Waals surface area (Å²) < 4.78 is 5.33. The fourth-order valence-corrected chi connectivity index (χ4v) is 3.41. The molecule has 0 atom stereocenters. The smallest absolute Gasteiger partial charge is 0.121 e. The maximum absolute atomic E-state index is 6.30. The minimum Gasteiger partial charge on any atom is -0.496 e. The molecular weight excluding hydrogens is 308 g/mol. The first kappa shape index (κ1) is 16.2. The van der Waals surface area contributed by atoms with Gasteiger partial charge in [0.15, 0.2) is 0 Å². The molecule has 1 aliphatic heterocycles. The Morgan fingerprint density at radius 1 is 1.04 bits per heavy atom. The Balaban J connectivity index is 1.59. The van der Waals surface area contributed by atoms with E-state index < -0.39 is 0 Å². The van der Waals surface area contributed by atoms with Gasteiger partial charge in [-0.2, -0.15) is 0 Å². The molecule has 23 heavy (non-hydrogen) atoms. The molecule has 4 heteroatoms. The lowest BCUT2D eigenvalue weighted by atomic mass is 10.1. The number of ether oxygens (including phenoxy) is 1. The maximum atomic E-state index is 6.30. The molecule has 0 aliphatic carbocycles. The van der Waals surface area contributed by atoms with Crippen molar-refractivity contribution in [1.29, 1.82) is 0 Å². The van der Waals surface area contributed by atoms with E-state index in [0.717, 1.165) is 49.2 Å². The number of rotatable bonds is 4. The summed E-state index contributed by atoms with van der Waals surface area (Å²) in [6.45, 7) is 7.21. The fourth-order valence-electron chi connectivity index (χ4n) is 3.15. The van der Waals surface area contributed by atoms with Crippen molar-refractivity contribution < 1.29 is 4.74 Å². The van der Waals surface area contributed by atoms with Gasteiger partial charge in [-0.3, -0.25) is 4.90 Å². The van der Waals surface area contributed by atoms with Crippen molar-refractivity contribution in [3.8, 4) is 5.75 Å². The molecule has 0 amide bonds. The lowest BCUT2D eigenvalue weighted by molar-refractivity contribution is 0.249. The Bertz CT molecular complexity index is 666. The van der Waals surface area contributed by atoms with Crippen molar-refractivity contribution in [3.05, 3.63) is 58.6 Å². The first-order valence-electron chi connectivity index (χ1n) is 8.03. The second-order valence-electron chi connectivity index (χ2n) is 6.02. The number of aryl methyl sites for hydroxylation is 1. The molecule has 3 nitrogen and oxygen atoms in total. The number of halogens is 1. The number of benzene rings is 2. The summed E-state index contributed by atoms with van der Waals surface area (Å²) >= 11 is 6.30. The second kappa shape index (κ2) is 7.24. The number of piperazine rings is 1. The van der Waals surface area contributed by atoms with E-state index in [1.165, 1.54) is 11.1 Å². The molecule has 0 aromatic heterocycles. The standard InChI is InChI=1S/C19H23ClN2O/c1-15-13-16(7-8-19(15)23-2)14-21-9-11-22(12-10-21)18-6-4-3-5-17(18)20/h3-8,13H,9-12,14H2,1-2H3. The monoisotopic (exact) mass is 330 g/mol. The molecule has 3 rings (SSSR count). The average molecular weight is 331 g/mol. The molecule has 1 fully saturated rings. The van der Waals surface area contributed by atoms with E-state index in [0.29, 0.717) is 0 Å². The van der Waals surface area contributed by atoms with Crippen LogP contribution in [0.5, 0.6) is 5.75 Å². The van der Waals surface area contributed by atoms with E-state index in [2.05, 4.69) is 41.0 Å². The maximum Gasteiger partial charge on any atom is 0.121 e. The normalized spacial score (nSPS) is 15.7. The number of hydrogen-bond donors (Lipinski definition) is 0. The molecule has 0 unspecified atom stereocenters. The van der Waals surface area contributed by atoms with Gasteiger partial charge in [0.2, 0.25) is 0 Å². The summed E-state index contributed by atoms with van der Waals surface area (Å²) in [4.78, 5) is 4.87. The second-order valence-corrected chi connectivity index (χ2v) is 6.43. The van der Waals surface area contributed by atoms with Crippen LogP contribution in [0.1, 0.15) is 11.1 Å². The van der Waals surface area contributed by atoms with Gasteiger partial charge in [0.25, 0.3) is 0 Å². The van der Waals surface area contributed by atoms with Crippen molar-refractivity contribution >= 4 is 17.3 Å². The van der Waals surface area contributed by atoms with E-state index in [1.54, 1.807) is 7.11 Å². The van der Waals surface area contributed by atoms with Crippen LogP contribution in [0, 0.1) is 6.92 Å². The first-order valence-corrected chi connectivity index (χ1v) is 8.40. The molecule has 2 aromatic rings. The average Bonchev–Trinajstić information content (AvgIpc) is 2.56. The zero-order valence-electron chi connectivity index (χ0n) is 13.8. The molecule has 0 radical (unpaired) electrons. The van der Waals surface area contributed by atoms with E-state index in [4.69, 9.17) is 16.3 Å². The highest BCUT2D eigenvalue weighted by Gasteiger charge is 2.18. The van der Waals surface area contributed by atoms with Gasteiger partial charge in [-0.15, -0.1) is 0 Å². The van der Waals surface area contributed by atoms with Gasteiger partial charge in [0.05, 0.1) is 17.8 Å². The number of anilines is 1. The number of nitrogens with zero attached hydrogens (tertiary/aromatic N) is 2. The predicted molar refractivity (Wildman–Crippen MR) is 96.7 cm³/mol. The molecule has 122 valence electrons. The third kappa shape index (κ3) is 3.80. The van der Waals surface area contributed by atoms with Crippen LogP contribution in [0.2, 0.25) is 5.02 Å². The highest BCUT2D eigenvalue weighted by molar-refractivity contribution is 6.33. The van der Waals surface area contributed by atoms with Crippen LogP contribution in [-0.2, 0) is 6.54 Å². The molecule has 0 bridgehead atoms. The summed E-state index contributed by atoms with van der Waals surface area (Å²) in [6.07, 6.45) is 0. The van der Waals surface area contributed by atoms with Crippen molar-refractivity contribution in [1.82, 2.24) is 4.90 Å². The summed E-state index contributed by atoms with van der Waals surface area (Å²) in [5.41, 5.74) is 3.68. The topological polar surface area (TPSA) is 15.7 Å². The van der Waals surface area contributed by atoms with Crippen LogP contribution in [0.3, 0.4) is 0 Å². The fraction of sp³-hybridized carbons (Fsp3) is 0.368. The first-order chi connectivity index (χ1) is 11.2. The Labute approximate surface area is 143 Å². The van der Waals surface area contributed by atoms with Crippen LogP contribution in [0.4, 0.5) is 5.69 Å². The van der Waals surface area contributed by atoms with E-state index >= 15 is 0 Å². The van der Waals surface area contributed by atoms with Crippen LogP contribution in [0.25, 0.3) is 0 Å². The van der Waals surface area contributed by atoms with Crippen LogP contribution in [0.15, 0.2) is 42.5 Å². The molecule has 0 N–H and O–H groups in total. The van der Waals surface area contributed by atoms with Gasteiger partial charge in [0.1, 0.15) is 5.75 Å². The van der Waals surface area contributed by atoms with Crippen molar-refractivity contribution in [3.63, 3.8) is 0 Å². The summed E-state index contributed by atoms with van der Waals surface area (Å²) in [5, 5.41) is 0.840. The zero-order chi connectivity index (χ0) is 16.2. The number of methoxy groups -OCH3 is 1. The molecule has 1 aliphatic rings. The Morgan fingerprint density at radius 2 is 1.78 bits per heavy atom. The lowest BCUT2D eigenvalue weighted by Crippen LogP contribution is -2.46. The molecular formula is C19H23ClN2O. The van der Waals surface area contributed by atoms with Crippen molar-refractivity contribution in [2.45, 2.75) is 13.5 Å². The van der Waals surface area contributed by atoms with Gasteiger partial charge in [0, 0.05) is 32.7 Å². The molecule has 1 heterocycles. The molecule has 0 saturated carbocycles. The van der Waals surface area contributed by atoms with Gasteiger partial charge in [-0.25, -0.2) is 0 Å². The quantitative estimate of drug-likeness (QED) is 0.843. The number of para-hydroxylation sites is 1. The third-order valence-electron chi connectivity index (χ3n) is 4.43. The SMILES string of the molecule is COc1ccc(CN2CCN(c3ccccc3Cl)CC2)cc1C. The van der Waals surface area contributed by atoms with Gasteiger partial charge < -0.3 is 9.64 Å². The predicted octanol–water partition coefficient (Wildman–Crippen LogP) is 3.98. The van der Waals surface area contributed by atoms with Crippen LogP contribution < -0.4 is 9.64 Å². The van der Waals surface area contributed by atoms with Crippen LogP contribution in [-0.4, -0.2) is 38.2 Å². The summed E-state index contributed by atoms with van der Waals surface area (Å²) in [5.74, 6) is 0.956. The Kier molecular flexibility index (Phi) is 5.09. The van der Waals surface area contributed by atoms with Crippen molar-refractivity contribution in [2.24, 2.45) is 0 Å². The van der Waals surface area contributed by atoms with Gasteiger partial charge >= 0.3 is 0 Å².